The number of hydrogen-bond acceptors (Lipinski definition) is 3. The number of aryl methyl sites for hydroxylation is 1. The fourth-order valence-electron chi connectivity index (χ4n) is 3.39. The van der Waals surface area contributed by atoms with Gasteiger partial charge in [-0.1, -0.05) is 17.7 Å². The van der Waals surface area contributed by atoms with Crippen LogP contribution < -0.4 is 16.0 Å². The summed E-state index contributed by atoms with van der Waals surface area (Å²) in [5.74, 6) is 0.544. The van der Waals surface area contributed by atoms with Crippen molar-refractivity contribution in [3.63, 3.8) is 0 Å². The molecule has 2 heterocycles. The first-order valence-corrected chi connectivity index (χ1v) is 6.48. The molecule has 2 aliphatic rings. The lowest BCUT2D eigenvalue weighted by Gasteiger charge is -2.47. The third-order valence-electron chi connectivity index (χ3n) is 4.37. The van der Waals surface area contributed by atoms with Crippen molar-refractivity contribution in [2.75, 3.05) is 25.0 Å². The number of fused-ring (bicyclic) bond motifs is 2. The zero-order valence-electron chi connectivity index (χ0n) is 10.6. The molecule has 3 heteroatoms. The second-order valence-corrected chi connectivity index (χ2v) is 5.42. The van der Waals surface area contributed by atoms with Gasteiger partial charge in [0.1, 0.15) is 0 Å². The van der Waals surface area contributed by atoms with Crippen LogP contribution in [0, 0.1) is 12.8 Å². The summed E-state index contributed by atoms with van der Waals surface area (Å²) in [5, 5.41) is 3.47. The van der Waals surface area contributed by atoms with Crippen LogP contribution in [0.1, 0.15) is 23.6 Å². The molecule has 3 atom stereocenters. The van der Waals surface area contributed by atoms with Crippen LogP contribution in [0.25, 0.3) is 0 Å². The summed E-state index contributed by atoms with van der Waals surface area (Å²) in [6, 6.07) is 7.44. The minimum absolute atomic E-state index is 0.180. The van der Waals surface area contributed by atoms with E-state index in [1.807, 2.05) is 0 Å². The van der Waals surface area contributed by atoms with Gasteiger partial charge in [-0.3, -0.25) is 0 Å². The number of benzene rings is 1. The third kappa shape index (κ3) is 1.65. The molecule has 0 aromatic heterocycles. The number of nitrogens with two attached hydrogens (primary N) is 1. The van der Waals surface area contributed by atoms with E-state index in [9.17, 15) is 0 Å². The first-order chi connectivity index (χ1) is 8.18. The second-order valence-electron chi connectivity index (χ2n) is 5.42. The molecule has 0 aliphatic carbocycles. The molecule has 0 bridgehead atoms. The van der Waals surface area contributed by atoms with Crippen LogP contribution in [0.4, 0.5) is 5.69 Å². The summed E-state index contributed by atoms with van der Waals surface area (Å²) in [7, 11) is 2.21. The Labute approximate surface area is 103 Å². The van der Waals surface area contributed by atoms with Gasteiger partial charge >= 0.3 is 0 Å². The van der Waals surface area contributed by atoms with Crippen molar-refractivity contribution >= 4 is 5.69 Å². The Bertz CT molecular complexity index is 429. The van der Waals surface area contributed by atoms with E-state index in [-0.39, 0.29) is 6.04 Å². The first kappa shape index (κ1) is 11.1. The summed E-state index contributed by atoms with van der Waals surface area (Å²) in [6.07, 6.45) is 1.20. The van der Waals surface area contributed by atoms with E-state index in [0.717, 1.165) is 13.1 Å². The molecule has 0 radical (unpaired) electrons. The van der Waals surface area contributed by atoms with Crippen LogP contribution in [0.5, 0.6) is 0 Å². The van der Waals surface area contributed by atoms with Gasteiger partial charge in [0.25, 0.3) is 0 Å². The molecule has 3 N–H and O–H groups in total. The summed E-state index contributed by atoms with van der Waals surface area (Å²) in [5.41, 5.74) is 10.4. The average Bonchev–Trinajstić information content (AvgIpc) is 2.36. The van der Waals surface area contributed by atoms with Gasteiger partial charge in [0.15, 0.2) is 0 Å². The minimum Gasteiger partial charge on any atom is -0.371 e. The summed E-state index contributed by atoms with van der Waals surface area (Å²) in [6.45, 7) is 4.29. The zero-order valence-corrected chi connectivity index (χ0v) is 10.6. The largest absolute Gasteiger partial charge is 0.371 e. The Hall–Kier alpha value is -1.06. The van der Waals surface area contributed by atoms with Gasteiger partial charge < -0.3 is 16.0 Å². The molecule has 1 aromatic carbocycles. The second kappa shape index (κ2) is 4.00. The first-order valence-electron chi connectivity index (χ1n) is 6.48. The molecule has 3 rings (SSSR count). The third-order valence-corrected chi connectivity index (χ3v) is 4.37. The maximum atomic E-state index is 6.47. The van der Waals surface area contributed by atoms with Crippen LogP contribution in [0.3, 0.4) is 0 Å². The molecule has 0 amide bonds. The predicted molar refractivity (Wildman–Crippen MR) is 71.3 cm³/mol. The van der Waals surface area contributed by atoms with Crippen LogP contribution >= 0.6 is 0 Å². The van der Waals surface area contributed by atoms with Gasteiger partial charge in [0, 0.05) is 37.3 Å². The summed E-state index contributed by atoms with van der Waals surface area (Å²) < 4.78 is 0. The molecule has 3 nitrogen and oxygen atoms in total. The molecule has 92 valence electrons. The van der Waals surface area contributed by atoms with E-state index in [0.29, 0.717) is 12.0 Å². The SMILES string of the molecule is Cc1ccc2c(c1)C(N)C1CNCCC1N2C. The van der Waals surface area contributed by atoms with Crippen molar-refractivity contribution in [1.82, 2.24) is 5.32 Å². The Morgan fingerprint density at radius 1 is 1.41 bits per heavy atom. The fourth-order valence-corrected chi connectivity index (χ4v) is 3.39. The van der Waals surface area contributed by atoms with E-state index in [1.54, 1.807) is 0 Å². The van der Waals surface area contributed by atoms with Crippen LogP contribution in [-0.4, -0.2) is 26.2 Å². The maximum absolute atomic E-state index is 6.47. The molecule has 2 aliphatic heterocycles. The van der Waals surface area contributed by atoms with Crippen molar-refractivity contribution in [1.29, 1.82) is 0 Å². The smallest absolute Gasteiger partial charge is 0.0414 e. The van der Waals surface area contributed by atoms with Gasteiger partial charge in [-0.2, -0.15) is 0 Å². The van der Waals surface area contributed by atoms with Crippen molar-refractivity contribution < 1.29 is 0 Å². The maximum Gasteiger partial charge on any atom is 0.0414 e. The number of anilines is 1. The number of rotatable bonds is 0. The van der Waals surface area contributed by atoms with Gasteiger partial charge in [-0.25, -0.2) is 0 Å². The number of nitrogens with zero attached hydrogens (tertiary/aromatic N) is 1. The Kier molecular flexibility index (Phi) is 2.60. The molecule has 1 fully saturated rings. The quantitative estimate of drug-likeness (QED) is 0.709. The van der Waals surface area contributed by atoms with Crippen LogP contribution in [-0.2, 0) is 0 Å². The molecular formula is C14H21N3. The van der Waals surface area contributed by atoms with Crippen LogP contribution in [0.2, 0.25) is 0 Å². The summed E-state index contributed by atoms with van der Waals surface area (Å²) in [4.78, 5) is 2.43. The van der Waals surface area contributed by atoms with Gasteiger partial charge in [0.2, 0.25) is 0 Å². The highest BCUT2D eigenvalue weighted by molar-refractivity contribution is 5.59. The monoisotopic (exact) mass is 231 g/mol. The van der Waals surface area contributed by atoms with Crippen molar-refractivity contribution in [3.8, 4) is 0 Å². The van der Waals surface area contributed by atoms with Crippen molar-refractivity contribution in [2.45, 2.75) is 25.4 Å². The van der Waals surface area contributed by atoms with E-state index in [2.05, 4.69) is 42.4 Å². The molecule has 0 saturated carbocycles. The molecule has 1 saturated heterocycles. The Balaban J connectivity index is 2.07. The lowest BCUT2D eigenvalue weighted by Crippen LogP contribution is -2.55. The predicted octanol–water partition coefficient (Wildman–Crippen LogP) is 1.42. The van der Waals surface area contributed by atoms with E-state index >= 15 is 0 Å². The number of piperidine rings is 1. The zero-order chi connectivity index (χ0) is 12.0. The highest BCUT2D eigenvalue weighted by atomic mass is 15.2. The number of hydrogen-bond donors (Lipinski definition) is 2. The van der Waals surface area contributed by atoms with E-state index in [1.165, 1.54) is 23.2 Å². The van der Waals surface area contributed by atoms with Crippen molar-refractivity contribution in [3.05, 3.63) is 29.3 Å². The standard InChI is InChI=1S/C14H21N3/c1-9-3-4-12-10(7-9)14(15)11-8-16-6-5-13(11)17(12)2/h3-4,7,11,13-14,16H,5-6,8,15H2,1-2H3. The average molecular weight is 231 g/mol. The topological polar surface area (TPSA) is 41.3 Å². The lowest BCUT2D eigenvalue weighted by molar-refractivity contribution is 0.263. The molecule has 17 heavy (non-hydrogen) atoms. The van der Waals surface area contributed by atoms with Crippen LogP contribution in [0.15, 0.2) is 18.2 Å². The minimum atomic E-state index is 0.180. The van der Waals surface area contributed by atoms with Gasteiger partial charge in [-0.15, -0.1) is 0 Å². The fraction of sp³-hybridized carbons (Fsp3) is 0.571. The van der Waals surface area contributed by atoms with Crippen molar-refractivity contribution in [2.24, 2.45) is 11.7 Å². The summed E-state index contributed by atoms with van der Waals surface area (Å²) >= 11 is 0. The molecular weight excluding hydrogens is 210 g/mol. The molecule has 1 aromatic rings. The normalized spacial score (nSPS) is 31.9. The van der Waals surface area contributed by atoms with Gasteiger partial charge in [-0.05, 0) is 31.5 Å². The molecule has 3 unspecified atom stereocenters. The lowest BCUT2D eigenvalue weighted by atomic mass is 9.78. The number of nitrogens with one attached hydrogen (secondary N) is 1. The molecule has 0 spiro atoms. The van der Waals surface area contributed by atoms with E-state index in [4.69, 9.17) is 5.73 Å². The highest BCUT2D eigenvalue weighted by Crippen LogP contribution is 2.40. The Morgan fingerprint density at radius 3 is 3.06 bits per heavy atom. The van der Waals surface area contributed by atoms with E-state index < -0.39 is 0 Å². The van der Waals surface area contributed by atoms with Gasteiger partial charge in [0.05, 0.1) is 0 Å². The Morgan fingerprint density at radius 2 is 2.24 bits per heavy atom. The highest BCUT2D eigenvalue weighted by Gasteiger charge is 2.38.